The summed E-state index contributed by atoms with van der Waals surface area (Å²) in [5.74, 6) is -0.546. The van der Waals surface area contributed by atoms with Gasteiger partial charge in [0.25, 0.3) is 0 Å². The lowest BCUT2D eigenvalue weighted by Crippen LogP contribution is -2.42. The Morgan fingerprint density at radius 2 is 1.62 bits per heavy atom. The zero-order valence-electron chi connectivity index (χ0n) is 17.8. The molecule has 0 bridgehead atoms. The number of hydrogen-bond donors (Lipinski definition) is 2. The molecule has 3 aromatic carbocycles. The number of carboxylic acids is 1. The molecule has 0 radical (unpaired) electrons. The maximum atomic E-state index is 12.5. The monoisotopic (exact) mass is 431 g/mol. The number of ether oxygens (including phenoxy) is 2. The highest BCUT2D eigenvalue weighted by molar-refractivity contribution is 5.81. The van der Waals surface area contributed by atoms with Crippen LogP contribution in [0.25, 0.3) is 11.1 Å². The van der Waals surface area contributed by atoms with Crippen molar-refractivity contribution in [2.24, 2.45) is 0 Å². The van der Waals surface area contributed by atoms with E-state index < -0.39 is 18.1 Å². The predicted octanol–water partition coefficient (Wildman–Crippen LogP) is 4.62. The molecule has 0 unspecified atom stereocenters. The maximum Gasteiger partial charge on any atom is 0.407 e. The molecule has 0 aliphatic heterocycles. The van der Waals surface area contributed by atoms with Crippen molar-refractivity contribution in [3.8, 4) is 16.9 Å². The Kier molecular flexibility index (Phi) is 6.40. The van der Waals surface area contributed by atoms with Crippen LogP contribution >= 0.6 is 0 Å². The summed E-state index contributed by atoms with van der Waals surface area (Å²) in [6.07, 6.45) is -0.624. The number of benzene rings is 3. The number of aliphatic carboxylic acids is 1. The van der Waals surface area contributed by atoms with Gasteiger partial charge in [-0.1, -0.05) is 60.7 Å². The van der Waals surface area contributed by atoms with Crippen LogP contribution < -0.4 is 10.1 Å². The van der Waals surface area contributed by atoms with Crippen molar-refractivity contribution in [3.05, 3.63) is 89.5 Å². The lowest BCUT2D eigenvalue weighted by Gasteiger charge is -2.18. The second-order valence-electron chi connectivity index (χ2n) is 7.65. The number of carboxylic acid groups (broad SMARTS) is 1. The molecule has 0 fully saturated rings. The van der Waals surface area contributed by atoms with Crippen LogP contribution in [0.1, 0.15) is 29.5 Å². The molecule has 6 heteroatoms. The van der Waals surface area contributed by atoms with E-state index in [2.05, 4.69) is 17.4 Å². The third-order valence-corrected chi connectivity index (χ3v) is 5.58. The average Bonchev–Trinajstić information content (AvgIpc) is 3.11. The molecule has 164 valence electrons. The second kappa shape index (κ2) is 9.56. The molecule has 0 aromatic heterocycles. The molecule has 0 saturated carbocycles. The van der Waals surface area contributed by atoms with Crippen LogP contribution in [0.5, 0.6) is 5.75 Å². The molecular formula is C26H25NO5. The van der Waals surface area contributed by atoms with Gasteiger partial charge in [-0.15, -0.1) is 0 Å². The van der Waals surface area contributed by atoms with Crippen LogP contribution in [-0.4, -0.2) is 36.4 Å². The molecule has 4 rings (SSSR count). The van der Waals surface area contributed by atoms with Crippen LogP contribution in [0.15, 0.2) is 72.8 Å². The first kappa shape index (κ1) is 21.4. The van der Waals surface area contributed by atoms with Gasteiger partial charge in [-0.25, -0.2) is 9.59 Å². The molecule has 1 atom stereocenters. The molecule has 1 aliphatic carbocycles. The summed E-state index contributed by atoms with van der Waals surface area (Å²) >= 11 is 0. The SMILES string of the molecule is CCOc1cccc(C[C@@H](NC(=O)OCC2c3ccccc3-c3ccccc32)C(=O)O)c1. The molecule has 3 aromatic rings. The van der Waals surface area contributed by atoms with E-state index in [1.54, 1.807) is 18.2 Å². The van der Waals surface area contributed by atoms with E-state index in [4.69, 9.17) is 9.47 Å². The first-order valence-corrected chi connectivity index (χ1v) is 10.6. The second-order valence-corrected chi connectivity index (χ2v) is 7.65. The van der Waals surface area contributed by atoms with E-state index in [0.717, 1.165) is 27.8 Å². The lowest BCUT2D eigenvalue weighted by atomic mass is 9.98. The highest BCUT2D eigenvalue weighted by Crippen LogP contribution is 2.44. The van der Waals surface area contributed by atoms with Gasteiger partial charge in [0.05, 0.1) is 6.61 Å². The molecule has 6 nitrogen and oxygen atoms in total. The van der Waals surface area contributed by atoms with Crippen LogP contribution in [0.2, 0.25) is 0 Å². The van der Waals surface area contributed by atoms with Crippen molar-refractivity contribution in [3.63, 3.8) is 0 Å². The summed E-state index contributed by atoms with van der Waals surface area (Å²) in [4.78, 5) is 24.2. The van der Waals surface area contributed by atoms with Crippen molar-refractivity contribution < 1.29 is 24.2 Å². The maximum absolute atomic E-state index is 12.5. The summed E-state index contributed by atoms with van der Waals surface area (Å²) in [5, 5.41) is 12.1. The van der Waals surface area contributed by atoms with Crippen molar-refractivity contribution in [1.29, 1.82) is 0 Å². The first-order chi connectivity index (χ1) is 15.6. The van der Waals surface area contributed by atoms with Crippen molar-refractivity contribution in [2.45, 2.75) is 25.3 Å². The fraction of sp³-hybridized carbons (Fsp3) is 0.231. The highest BCUT2D eigenvalue weighted by atomic mass is 16.5. The quantitative estimate of drug-likeness (QED) is 0.544. The first-order valence-electron chi connectivity index (χ1n) is 10.6. The number of alkyl carbamates (subject to hydrolysis) is 1. The van der Waals surface area contributed by atoms with E-state index in [1.165, 1.54) is 0 Å². The number of amides is 1. The van der Waals surface area contributed by atoms with Gasteiger partial charge in [-0.3, -0.25) is 0 Å². The molecule has 32 heavy (non-hydrogen) atoms. The topological polar surface area (TPSA) is 84.9 Å². The Bertz CT molecular complexity index is 1080. The lowest BCUT2D eigenvalue weighted by molar-refractivity contribution is -0.139. The van der Waals surface area contributed by atoms with Crippen LogP contribution in [0, 0.1) is 0 Å². The number of carbonyl (C=O) groups is 2. The smallest absolute Gasteiger partial charge is 0.407 e. The molecule has 0 saturated heterocycles. The minimum absolute atomic E-state index is 0.0840. The predicted molar refractivity (Wildman–Crippen MR) is 121 cm³/mol. The van der Waals surface area contributed by atoms with Gasteiger partial charge < -0.3 is 19.9 Å². The number of rotatable bonds is 8. The highest BCUT2D eigenvalue weighted by Gasteiger charge is 2.29. The van der Waals surface area contributed by atoms with Gasteiger partial charge in [-0.2, -0.15) is 0 Å². The van der Waals surface area contributed by atoms with E-state index in [1.807, 2.05) is 49.4 Å². The van der Waals surface area contributed by atoms with Crippen molar-refractivity contribution in [1.82, 2.24) is 5.32 Å². The van der Waals surface area contributed by atoms with Gasteiger partial charge in [0.15, 0.2) is 0 Å². The van der Waals surface area contributed by atoms with Gasteiger partial charge in [-0.05, 0) is 46.9 Å². The Morgan fingerprint density at radius 3 is 2.25 bits per heavy atom. The third-order valence-electron chi connectivity index (χ3n) is 5.58. The average molecular weight is 431 g/mol. The summed E-state index contributed by atoms with van der Waals surface area (Å²) in [6, 6.07) is 22.2. The van der Waals surface area contributed by atoms with Gasteiger partial charge >= 0.3 is 12.1 Å². The number of fused-ring (bicyclic) bond motifs is 3. The molecule has 0 spiro atoms. The number of hydrogen-bond acceptors (Lipinski definition) is 4. The molecule has 1 aliphatic rings. The van der Waals surface area contributed by atoms with E-state index in [0.29, 0.717) is 12.4 Å². The summed E-state index contributed by atoms with van der Waals surface area (Å²) in [7, 11) is 0. The fourth-order valence-electron chi connectivity index (χ4n) is 4.15. The van der Waals surface area contributed by atoms with Crippen LogP contribution in [0.4, 0.5) is 4.79 Å². The Balaban J connectivity index is 1.41. The number of carbonyl (C=O) groups excluding carboxylic acids is 1. The summed E-state index contributed by atoms with van der Waals surface area (Å²) in [5.41, 5.74) is 5.22. The Morgan fingerprint density at radius 1 is 0.969 bits per heavy atom. The van der Waals surface area contributed by atoms with Crippen molar-refractivity contribution >= 4 is 12.1 Å². The Hall–Kier alpha value is -3.80. The van der Waals surface area contributed by atoms with E-state index >= 15 is 0 Å². The van der Waals surface area contributed by atoms with Gasteiger partial charge in [0, 0.05) is 12.3 Å². The van der Waals surface area contributed by atoms with Crippen LogP contribution in [0.3, 0.4) is 0 Å². The Labute approximate surface area is 186 Å². The van der Waals surface area contributed by atoms with Crippen LogP contribution in [-0.2, 0) is 16.0 Å². The molecular weight excluding hydrogens is 406 g/mol. The summed E-state index contributed by atoms with van der Waals surface area (Å²) < 4.78 is 10.9. The molecule has 2 N–H and O–H groups in total. The molecule has 0 heterocycles. The van der Waals surface area contributed by atoms with Gasteiger partial charge in [0.2, 0.25) is 0 Å². The minimum atomic E-state index is -1.12. The van der Waals surface area contributed by atoms with E-state index in [9.17, 15) is 14.7 Å². The fourth-order valence-corrected chi connectivity index (χ4v) is 4.15. The zero-order valence-corrected chi connectivity index (χ0v) is 17.8. The summed E-state index contributed by atoms with van der Waals surface area (Å²) in [6.45, 7) is 2.53. The zero-order chi connectivity index (χ0) is 22.5. The van der Waals surface area contributed by atoms with E-state index in [-0.39, 0.29) is 18.9 Å². The van der Waals surface area contributed by atoms with Gasteiger partial charge in [0.1, 0.15) is 18.4 Å². The van der Waals surface area contributed by atoms with Crippen molar-refractivity contribution in [2.75, 3.05) is 13.2 Å². The third kappa shape index (κ3) is 4.59. The largest absolute Gasteiger partial charge is 0.494 e. The number of nitrogens with one attached hydrogen (secondary N) is 1. The standard InChI is InChI=1S/C26H25NO5/c1-2-31-18-9-7-8-17(14-18)15-24(25(28)29)27-26(30)32-16-23-21-12-5-3-10-19(21)20-11-4-6-13-22(20)23/h3-14,23-24H,2,15-16H2,1H3,(H,27,30)(H,28,29)/t24-/m1/s1. The minimum Gasteiger partial charge on any atom is -0.494 e. The normalized spacial score (nSPS) is 13.0. The molecule has 1 amide bonds.